The Morgan fingerprint density at radius 3 is 2.95 bits per heavy atom. The van der Waals surface area contributed by atoms with E-state index in [2.05, 4.69) is 22.0 Å². The number of rotatable bonds is 3. The minimum Gasteiger partial charge on any atom is -0.497 e. The molecule has 1 aromatic heterocycles. The van der Waals surface area contributed by atoms with Crippen molar-refractivity contribution in [3.8, 4) is 5.75 Å². The highest BCUT2D eigenvalue weighted by Crippen LogP contribution is 2.31. The molecule has 4 rings (SSSR count). The van der Waals surface area contributed by atoms with Gasteiger partial charge in [0, 0.05) is 36.2 Å². The Labute approximate surface area is 128 Å². The van der Waals surface area contributed by atoms with E-state index in [0.29, 0.717) is 0 Å². The van der Waals surface area contributed by atoms with Crippen LogP contribution in [-0.4, -0.2) is 17.0 Å². The fraction of sp³-hybridized carbons (Fsp3) is 0.222. The zero-order chi connectivity index (χ0) is 15.1. The lowest BCUT2D eigenvalue weighted by Gasteiger charge is -2.15. The maximum Gasteiger partial charge on any atom is 0.123 e. The first-order valence-corrected chi connectivity index (χ1v) is 7.37. The average Bonchev–Trinajstić information content (AvgIpc) is 3.05. The van der Waals surface area contributed by atoms with Crippen molar-refractivity contribution in [2.75, 3.05) is 7.11 Å². The molecule has 0 bridgehead atoms. The van der Waals surface area contributed by atoms with Crippen LogP contribution in [0.4, 0.5) is 4.39 Å². The van der Waals surface area contributed by atoms with Crippen molar-refractivity contribution in [2.24, 2.45) is 0 Å². The summed E-state index contributed by atoms with van der Waals surface area (Å²) in [5.41, 5.74) is 4.66. The van der Waals surface area contributed by atoms with Crippen molar-refractivity contribution in [3.63, 3.8) is 0 Å². The predicted octanol–water partition coefficient (Wildman–Crippen LogP) is 3.83. The third-order valence-electron chi connectivity index (χ3n) is 4.26. The monoisotopic (exact) mass is 296 g/mol. The lowest BCUT2D eigenvalue weighted by Crippen LogP contribution is -2.16. The maximum atomic E-state index is 13.5. The minimum atomic E-state index is -0.180. The Hall–Kier alpha value is -2.33. The lowest BCUT2D eigenvalue weighted by molar-refractivity contribution is 0.273. The molecule has 2 heterocycles. The van der Waals surface area contributed by atoms with Gasteiger partial charge in [-0.3, -0.25) is 4.90 Å². The third-order valence-corrected chi connectivity index (χ3v) is 4.26. The Morgan fingerprint density at radius 1 is 1.18 bits per heavy atom. The average molecular weight is 296 g/mol. The number of benzene rings is 2. The van der Waals surface area contributed by atoms with Crippen LogP contribution in [-0.2, 0) is 19.6 Å². The van der Waals surface area contributed by atoms with E-state index in [0.717, 1.165) is 36.3 Å². The molecule has 1 aliphatic heterocycles. The molecule has 3 nitrogen and oxygen atoms in total. The first kappa shape index (κ1) is 13.3. The molecule has 0 atom stereocenters. The van der Waals surface area contributed by atoms with Crippen LogP contribution in [0.15, 0.2) is 42.5 Å². The second-order valence-corrected chi connectivity index (χ2v) is 5.77. The standard InChI is InChI=1S/C18H17FN2O/c1-22-14-4-2-3-12(7-14)9-21-10-16-15-8-13(19)5-6-17(15)20-18(16)11-21/h2-8,20H,9-11H2,1H3. The van der Waals surface area contributed by atoms with Crippen LogP contribution < -0.4 is 4.74 Å². The molecule has 1 aliphatic rings. The van der Waals surface area contributed by atoms with Gasteiger partial charge in [0.25, 0.3) is 0 Å². The molecule has 4 heteroatoms. The third kappa shape index (κ3) is 2.25. The van der Waals surface area contributed by atoms with Crippen LogP contribution >= 0.6 is 0 Å². The minimum absolute atomic E-state index is 0.180. The number of ether oxygens (including phenoxy) is 1. The first-order chi connectivity index (χ1) is 10.7. The number of hydrogen-bond acceptors (Lipinski definition) is 2. The predicted molar refractivity (Wildman–Crippen MR) is 84.2 cm³/mol. The summed E-state index contributed by atoms with van der Waals surface area (Å²) in [5, 5.41) is 1.00. The van der Waals surface area contributed by atoms with Gasteiger partial charge in [0.1, 0.15) is 11.6 Å². The van der Waals surface area contributed by atoms with Crippen molar-refractivity contribution in [3.05, 3.63) is 65.1 Å². The second-order valence-electron chi connectivity index (χ2n) is 5.77. The smallest absolute Gasteiger partial charge is 0.123 e. The molecule has 0 unspecified atom stereocenters. The van der Waals surface area contributed by atoms with Gasteiger partial charge in [-0.25, -0.2) is 4.39 Å². The molecule has 112 valence electrons. The number of nitrogens with zero attached hydrogens (tertiary/aromatic N) is 1. The lowest BCUT2D eigenvalue weighted by atomic mass is 10.1. The second kappa shape index (κ2) is 5.14. The van der Waals surface area contributed by atoms with E-state index in [1.165, 1.54) is 22.9 Å². The molecule has 3 aromatic rings. The number of aromatic nitrogens is 1. The van der Waals surface area contributed by atoms with Crippen LogP contribution in [0.2, 0.25) is 0 Å². The van der Waals surface area contributed by atoms with Gasteiger partial charge in [-0.1, -0.05) is 12.1 Å². The summed E-state index contributed by atoms with van der Waals surface area (Å²) < 4.78 is 18.7. The topological polar surface area (TPSA) is 28.3 Å². The number of H-pyrrole nitrogens is 1. The number of nitrogens with one attached hydrogen (secondary N) is 1. The Morgan fingerprint density at radius 2 is 2.09 bits per heavy atom. The molecular formula is C18H17FN2O. The van der Waals surface area contributed by atoms with Crippen molar-refractivity contribution in [1.82, 2.24) is 9.88 Å². The van der Waals surface area contributed by atoms with Crippen LogP contribution in [0.5, 0.6) is 5.75 Å². The van der Waals surface area contributed by atoms with E-state index < -0.39 is 0 Å². The number of halogens is 1. The summed E-state index contributed by atoms with van der Waals surface area (Å²) in [6.45, 7) is 2.56. The normalized spacial score (nSPS) is 14.5. The first-order valence-electron chi connectivity index (χ1n) is 7.37. The van der Waals surface area contributed by atoms with Crippen LogP contribution in [0.25, 0.3) is 10.9 Å². The SMILES string of the molecule is COc1cccc(CN2Cc3[nH]c4ccc(F)cc4c3C2)c1. The fourth-order valence-corrected chi connectivity index (χ4v) is 3.24. The van der Waals surface area contributed by atoms with E-state index in [-0.39, 0.29) is 5.82 Å². The van der Waals surface area contributed by atoms with Gasteiger partial charge in [-0.15, -0.1) is 0 Å². The number of aromatic amines is 1. The zero-order valence-corrected chi connectivity index (χ0v) is 12.4. The molecule has 0 saturated heterocycles. The molecule has 0 radical (unpaired) electrons. The molecule has 2 aromatic carbocycles. The Bertz CT molecular complexity index is 840. The molecule has 0 spiro atoms. The fourth-order valence-electron chi connectivity index (χ4n) is 3.24. The van der Waals surface area contributed by atoms with Gasteiger partial charge < -0.3 is 9.72 Å². The summed E-state index contributed by atoms with van der Waals surface area (Å²) in [4.78, 5) is 5.76. The van der Waals surface area contributed by atoms with E-state index in [1.54, 1.807) is 13.2 Å². The molecule has 0 saturated carbocycles. The van der Waals surface area contributed by atoms with Crippen molar-refractivity contribution in [2.45, 2.75) is 19.6 Å². The van der Waals surface area contributed by atoms with E-state index in [4.69, 9.17) is 4.74 Å². The van der Waals surface area contributed by atoms with Crippen molar-refractivity contribution in [1.29, 1.82) is 0 Å². The summed E-state index contributed by atoms with van der Waals surface area (Å²) in [6, 6.07) is 13.1. The summed E-state index contributed by atoms with van der Waals surface area (Å²) in [6.07, 6.45) is 0. The van der Waals surface area contributed by atoms with Gasteiger partial charge in [-0.05, 0) is 41.5 Å². The van der Waals surface area contributed by atoms with Gasteiger partial charge >= 0.3 is 0 Å². The number of methoxy groups -OCH3 is 1. The molecule has 22 heavy (non-hydrogen) atoms. The van der Waals surface area contributed by atoms with Crippen LogP contribution in [0.1, 0.15) is 16.8 Å². The summed E-state index contributed by atoms with van der Waals surface area (Å²) >= 11 is 0. The van der Waals surface area contributed by atoms with E-state index in [9.17, 15) is 4.39 Å². The molecule has 0 fully saturated rings. The van der Waals surface area contributed by atoms with E-state index in [1.807, 2.05) is 18.2 Å². The molecule has 1 N–H and O–H groups in total. The van der Waals surface area contributed by atoms with Gasteiger partial charge in [0.2, 0.25) is 0 Å². The molecular weight excluding hydrogens is 279 g/mol. The summed E-state index contributed by atoms with van der Waals surface area (Å²) in [5.74, 6) is 0.697. The highest BCUT2D eigenvalue weighted by atomic mass is 19.1. The summed E-state index contributed by atoms with van der Waals surface area (Å²) in [7, 11) is 1.68. The van der Waals surface area contributed by atoms with Gasteiger partial charge in [0.15, 0.2) is 0 Å². The van der Waals surface area contributed by atoms with Crippen molar-refractivity contribution < 1.29 is 9.13 Å². The number of fused-ring (bicyclic) bond motifs is 3. The van der Waals surface area contributed by atoms with Gasteiger partial charge in [-0.2, -0.15) is 0 Å². The van der Waals surface area contributed by atoms with E-state index >= 15 is 0 Å². The Balaban J connectivity index is 1.58. The number of hydrogen-bond donors (Lipinski definition) is 1. The van der Waals surface area contributed by atoms with Gasteiger partial charge in [0.05, 0.1) is 7.11 Å². The molecule has 0 amide bonds. The maximum absolute atomic E-state index is 13.5. The Kier molecular flexibility index (Phi) is 3.12. The highest BCUT2D eigenvalue weighted by molar-refractivity contribution is 5.85. The quantitative estimate of drug-likeness (QED) is 0.795. The zero-order valence-electron chi connectivity index (χ0n) is 12.4. The highest BCUT2D eigenvalue weighted by Gasteiger charge is 2.23. The van der Waals surface area contributed by atoms with Crippen molar-refractivity contribution >= 4 is 10.9 Å². The molecule has 0 aliphatic carbocycles. The van der Waals surface area contributed by atoms with Crippen LogP contribution in [0, 0.1) is 5.82 Å². The van der Waals surface area contributed by atoms with Crippen LogP contribution in [0.3, 0.4) is 0 Å². The largest absolute Gasteiger partial charge is 0.497 e.